The lowest BCUT2D eigenvalue weighted by Gasteiger charge is -2.37. The van der Waals surface area contributed by atoms with E-state index in [-0.39, 0.29) is 18.3 Å². The van der Waals surface area contributed by atoms with Crippen LogP contribution in [0.1, 0.15) is 51.9 Å². The third-order valence-electron chi connectivity index (χ3n) is 4.03. The van der Waals surface area contributed by atoms with E-state index in [9.17, 15) is 0 Å². The van der Waals surface area contributed by atoms with Crippen LogP contribution in [-0.2, 0) is 4.74 Å². The first-order valence-electron chi connectivity index (χ1n) is 6.07. The molecule has 1 saturated carbocycles. The van der Waals surface area contributed by atoms with E-state index >= 15 is 0 Å². The standard InChI is InChI=1S/C12H22O2/c1-2-10-4-3-6-12(8-10)7-5-11(9-13)14-12/h10-11,13H,2-9H2,1H3/t10-,11-,12-/m1/s1. The minimum Gasteiger partial charge on any atom is -0.394 e. The fourth-order valence-corrected chi connectivity index (χ4v) is 3.15. The zero-order valence-corrected chi connectivity index (χ0v) is 9.17. The highest BCUT2D eigenvalue weighted by molar-refractivity contribution is 4.93. The Morgan fingerprint density at radius 1 is 1.36 bits per heavy atom. The van der Waals surface area contributed by atoms with Gasteiger partial charge in [-0.25, -0.2) is 0 Å². The highest BCUT2D eigenvalue weighted by Crippen LogP contribution is 2.44. The molecule has 0 aromatic rings. The zero-order chi connectivity index (χ0) is 10.0. The first-order chi connectivity index (χ1) is 6.78. The van der Waals surface area contributed by atoms with Gasteiger partial charge in [0.05, 0.1) is 18.3 Å². The molecule has 0 amide bonds. The van der Waals surface area contributed by atoms with Crippen molar-refractivity contribution >= 4 is 0 Å². The summed E-state index contributed by atoms with van der Waals surface area (Å²) in [4.78, 5) is 0. The molecule has 1 spiro atoms. The molecule has 2 rings (SSSR count). The summed E-state index contributed by atoms with van der Waals surface area (Å²) in [5, 5.41) is 9.08. The molecular formula is C12H22O2. The van der Waals surface area contributed by atoms with Crippen LogP contribution < -0.4 is 0 Å². The Morgan fingerprint density at radius 3 is 2.86 bits per heavy atom. The van der Waals surface area contributed by atoms with Gasteiger partial charge in [0.2, 0.25) is 0 Å². The third-order valence-corrected chi connectivity index (χ3v) is 4.03. The molecule has 0 aromatic carbocycles. The average molecular weight is 198 g/mol. The summed E-state index contributed by atoms with van der Waals surface area (Å²) >= 11 is 0. The van der Waals surface area contributed by atoms with E-state index in [1.165, 1.54) is 38.5 Å². The second-order valence-corrected chi connectivity index (χ2v) is 5.01. The van der Waals surface area contributed by atoms with Gasteiger partial charge in [0, 0.05) is 0 Å². The Bertz CT molecular complexity index is 193. The van der Waals surface area contributed by atoms with Crippen LogP contribution in [0, 0.1) is 5.92 Å². The number of hydrogen-bond acceptors (Lipinski definition) is 2. The summed E-state index contributed by atoms with van der Waals surface area (Å²) in [6.45, 7) is 2.49. The molecule has 3 atom stereocenters. The summed E-state index contributed by atoms with van der Waals surface area (Å²) in [5.74, 6) is 0.862. The van der Waals surface area contributed by atoms with Gasteiger partial charge in [-0.05, 0) is 31.6 Å². The molecule has 14 heavy (non-hydrogen) atoms. The third kappa shape index (κ3) is 1.96. The Balaban J connectivity index is 1.95. The van der Waals surface area contributed by atoms with Gasteiger partial charge in [0.15, 0.2) is 0 Å². The smallest absolute Gasteiger partial charge is 0.0814 e. The lowest BCUT2D eigenvalue weighted by Crippen LogP contribution is -2.35. The van der Waals surface area contributed by atoms with Gasteiger partial charge in [0.25, 0.3) is 0 Å². The van der Waals surface area contributed by atoms with E-state index in [1.54, 1.807) is 0 Å². The normalized spacial score (nSPS) is 43.3. The van der Waals surface area contributed by atoms with Crippen molar-refractivity contribution in [3.05, 3.63) is 0 Å². The van der Waals surface area contributed by atoms with Gasteiger partial charge in [0.1, 0.15) is 0 Å². The molecule has 0 radical (unpaired) electrons. The van der Waals surface area contributed by atoms with Crippen molar-refractivity contribution in [1.29, 1.82) is 0 Å². The summed E-state index contributed by atoms with van der Waals surface area (Å²) in [6, 6.07) is 0. The van der Waals surface area contributed by atoms with E-state index in [0.717, 1.165) is 12.3 Å². The van der Waals surface area contributed by atoms with Gasteiger partial charge < -0.3 is 9.84 Å². The lowest BCUT2D eigenvalue weighted by atomic mass is 9.76. The van der Waals surface area contributed by atoms with Crippen molar-refractivity contribution in [2.45, 2.75) is 63.6 Å². The number of aliphatic hydroxyl groups is 1. The van der Waals surface area contributed by atoms with Crippen LogP contribution in [0.5, 0.6) is 0 Å². The van der Waals surface area contributed by atoms with E-state index in [2.05, 4.69) is 6.92 Å². The van der Waals surface area contributed by atoms with Gasteiger partial charge in [-0.15, -0.1) is 0 Å². The molecule has 0 bridgehead atoms. The quantitative estimate of drug-likeness (QED) is 0.738. The largest absolute Gasteiger partial charge is 0.394 e. The SMILES string of the molecule is CC[C@@H]1CCC[C@@]2(CC[C@H](CO)O2)C1. The molecule has 2 aliphatic rings. The molecule has 1 heterocycles. The maximum absolute atomic E-state index is 9.08. The van der Waals surface area contributed by atoms with E-state index < -0.39 is 0 Å². The van der Waals surface area contributed by atoms with E-state index in [1.807, 2.05) is 0 Å². The first-order valence-corrected chi connectivity index (χ1v) is 6.07. The summed E-state index contributed by atoms with van der Waals surface area (Å²) in [7, 11) is 0. The van der Waals surface area contributed by atoms with Crippen LogP contribution in [-0.4, -0.2) is 23.4 Å². The number of ether oxygens (including phenoxy) is 1. The Morgan fingerprint density at radius 2 is 2.21 bits per heavy atom. The van der Waals surface area contributed by atoms with Crippen LogP contribution in [0.2, 0.25) is 0 Å². The second kappa shape index (κ2) is 4.19. The van der Waals surface area contributed by atoms with Gasteiger partial charge in [-0.1, -0.05) is 26.2 Å². The molecule has 2 fully saturated rings. The maximum Gasteiger partial charge on any atom is 0.0814 e. The molecule has 82 valence electrons. The fraction of sp³-hybridized carbons (Fsp3) is 1.00. The van der Waals surface area contributed by atoms with Crippen molar-refractivity contribution < 1.29 is 9.84 Å². The Hall–Kier alpha value is -0.0800. The maximum atomic E-state index is 9.08. The van der Waals surface area contributed by atoms with Gasteiger partial charge in [-0.2, -0.15) is 0 Å². The molecule has 2 heteroatoms. The number of aliphatic hydroxyl groups excluding tert-OH is 1. The van der Waals surface area contributed by atoms with Crippen molar-refractivity contribution in [2.24, 2.45) is 5.92 Å². The number of hydrogen-bond donors (Lipinski definition) is 1. The van der Waals surface area contributed by atoms with E-state index in [0.29, 0.717) is 0 Å². The summed E-state index contributed by atoms with van der Waals surface area (Å²) in [5.41, 5.74) is 0.159. The minimum atomic E-state index is 0.130. The zero-order valence-electron chi connectivity index (χ0n) is 9.17. The van der Waals surface area contributed by atoms with Crippen LogP contribution in [0.15, 0.2) is 0 Å². The van der Waals surface area contributed by atoms with Crippen molar-refractivity contribution in [2.75, 3.05) is 6.61 Å². The van der Waals surface area contributed by atoms with Crippen LogP contribution in [0.3, 0.4) is 0 Å². The fourth-order valence-electron chi connectivity index (χ4n) is 3.15. The van der Waals surface area contributed by atoms with Gasteiger partial charge in [-0.3, -0.25) is 0 Å². The lowest BCUT2D eigenvalue weighted by molar-refractivity contribution is -0.0887. The Kier molecular flexibility index (Phi) is 3.13. The molecule has 1 N–H and O–H groups in total. The molecule has 0 unspecified atom stereocenters. The van der Waals surface area contributed by atoms with Crippen LogP contribution in [0.25, 0.3) is 0 Å². The average Bonchev–Trinajstić information content (AvgIpc) is 2.61. The number of rotatable bonds is 2. The monoisotopic (exact) mass is 198 g/mol. The molecule has 1 saturated heterocycles. The predicted molar refractivity (Wildman–Crippen MR) is 56.2 cm³/mol. The summed E-state index contributed by atoms with van der Waals surface area (Å²) in [6.07, 6.45) is 8.81. The molecule has 1 aliphatic carbocycles. The second-order valence-electron chi connectivity index (χ2n) is 5.01. The topological polar surface area (TPSA) is 29.5 Å². The van der Waals surface area contributed by atoms with Crippen molar-refractivity contribution in [1.82, 2.24) is 0 Å². The molecule has 2 nitrogen and oxygen atoms in total. The van der Waals surface area contributed by atoms with E-state index in [4.69, 9.17) is 9.84 Å². The highest BCUT2D eigenvalue weighted by atomic mass is 16.5. The first kappa shape index (κ1) is 10.4. The molecule has 1 aliphatic heterocycles. The molecule has 0 aromatic heterocycles. The van der Waals surface area contributed by atoms with Crippen molar-refractivity contribution in [3.8, 4) is 0 Å². The molecular weight excluding hydrogens is 176 g/mol. The van der Waals surface area contributed by atoms with Gasteiger partial charge >= 0.3 is 0 Å². The van der Waals surface area contributed by atoms with Crippen LogP contribution >= 0.6 is 0 Å². The van der Waals surface area contributed by atoms with Crippen molar-refractivity contribution in [3.63, 3.8) is 0 Å². The predicted octanol–water partition coefficient (Wildman–Crippen LogP) is 2.50. The highest BCUT2D eigenvalue weighted by Gasteiger charge is 2.42. The Labute approximate surface area is 86.6 Å². The minimum absolute atomic E-state index is 0.130. The summed E-state index contributed by atoms with van der Waals surface area (Å²) < 4.78 is 6.02. The van der Waals surface area contributed by atoms with Crippen LogP contribution in [0.4, 0.5) is 0 Å².